The fourth-order valence-electron chi connectivity index (χ4n) is 3.03. The summed E-state index contributed by atoms with van der Waals surface area (Å²) in [5, 5.41) is 9.49. The number of benzene rings is 1. The molecule has 1 aliphatic carbocycles. The molecule has 0 bridgehead atoms. The van der Waals surface area contributed by atoms with Crippen molar-refractivity contribution < 1.29 is 4.79 Å². The Labute approximate surface area is 168 Å². The summed E-state index contributed by atoms with van der Waals surface area (Å²) >= 11 is 0. The van der Waals surface area contributed by atoms with Crippen LogP contribution in [-0.2, 0) is 11.3 Å². The maximum atomic E-state index is 11.9. The average Bonchev–Trinajstić information content (AvgIpc) is 3.10. The molecule has 2 rings (SSSR count). The van der Waals surface area contributed by atoms with Gasteiger partial charge < -0.3 is 16.0 Å². The molecule has 1 fully saturated rings. The van der Waals surface area contributed by atoms with Crippen LogP contribution in [0.25, 0.3) is 0 Å². The van der Waals surface area contributed by atoms with Gasteiger partial charge in [-0.3, -0.25) is 4.79 Å². The largest absolute Gasteiger partial charge is 0.357 e. The third kappa shape index (κ3) is 9.09. The fourth-order valence-corrected chi connectivity index (χ4v) is 3.03. The van der Waals surface area contributed by atoms with Gasteiger partial charge in [-0.15, -0.1) is 24.0 Å². The van der Waals surface area contributed by atoms with Gasteiger partial charge in [-0.1, -0.05) is 43.2 Å². The Morgan fingerprint density at radius 1 is 1.08 bits per heavy atom. The molecule has 1 aromatic rings. The summed E-state index contributed by atoms with van der Waals surface area (Å²) in [6.07, 6.45) is 5.67. The molecule has 0 atom stereocenters. The molecular formula is C19H31IN4O. The SMILES string of the molecule is CCNC(=NCc1ccccc1)NCCNC(=O)CC1CCCC1.I. The molecule has 3 N–H and O–H groups in total. The van der Waals surface area contributed by atoms with Gasteiger partial charge in [-0.2, -0.15) is 0 Å². The Morgan fingerprint density at radius 3 is 2.44 bits per heavy atom. The van der Waals surface area contributed by atoms with E-state index in [1.54, 1.807) is 0 Å². The van der Waals surface area contributed by atoms with Crippen LogP contribution in [0.2, 0.25) is 0 Å². The molecule has 25 heavy (non-hydrogen) atoms. The van der Waals surface area contributed by atoms with E-state index in [-0.39, 0.29) is 29.9 Å². The smallest absolute Gasteiger partial charge is 0.220 e. The maximum Gasteiger partial charge on any atom is 0.220 e. The molecule has 140 valence electrons. The summed E-state index contributed by atoms with van der Waals surface area (Å²) in [5.41, 5.74) is 1.18. The highest BCUT2D eigenvalue weighted by Gasteiger charge is 2.17. The van der Waals surface area contributed by atoms with Crippen LogP contribution in [0.4, 0.5) is 0 Å². The molecule has 0 heterocycles. The van der Waals surface area contributed by atoms with E-state index < -0.39 is 0 Å². The number of hydrogen-bond acceptors (Lipinski definition) is 2. The predicted molar refractivity (Wildman–Crippen MR) is 114 cm³/mol. The zero-order valence-corrected chi connectivity index (χ0v) is 17.4. The Morgan fingerprint density at radius 2 is 1.76 bits per heavy atom. The van der Waals surface area contributed by atoms with Gasteiger partial charge in [0.05, 0.1) is 6.54 Å². The summed E-state index contributed by atoms with van der Waals surface area (Å²) in [5.74, 6) is 1.56. The van der Waals surface area contributed by atoms with E-state index in [4.69, 9.17) is 0 Å². The van der Waals surface area contributed by atoms with E-state index in [0.717, 1.165) is 12.5 Å². The first-order chi connectivity index (χ1) is 11.8. The number of aliphatic imine (C=N–C) groups is 1. The lowest BCUT2D eigenvalue weighted by Crippen LogP contribution is -2.41. The second-order valence-electron chi connectivity index (χ2n) is 6.31. The molecule has 6 heteroatoms. The molecule has 0 unspecified atom stereocenters. The number of nitrogens with one attached hydrogen (secondary N) is 3. The number of halogens is 1. The minimum Gasteiger partial charge on any atom is -0.357 e. The lowest BCUT2D eigenvalue weighted by molar-refractivity contribution is -0.121. The van der Waals surface area contributed by atoms with E-state index in [0.29, 0.717) is 32.0 Å². The highest BCUT2D eigenvalue weighted by atomic mass is 127. The van der Waals surface area contributed by atoms with Crippen LogP contribution in [0.3, 0.4) is 0 Å². The lowest BCUT2D eigenvalue weighted by Gasteiger charge is -2.13. The van der Waals surface area contributed by atoms with Gasteiger partial charge in [-0.05, 0) is 31.2 Å². The number of amides is 1. The summed E-state index contributed by atoms with van der Waals surface area (Å²) in [7, 11) is 0. The highest BCUT2D eigenvalue weighted by molar-refractivity contribution is 14.0. The number of hydrogen-bond donors (Lipinski definition) is 3. The van der Waals surface area contributed by atoms with Gasteiger partial charge in [0.1, 0.15) is 0 Å². The summed E-state index contributed by atoms with van der Waals surface area (Å²) in [4.78, 5) is 16.5. The van der Waals surface area contributed by atoms with Gasteiger partial charge in [-0.25, -0.2) is 4.99 Å². The van der Waals surface area contributed by atoms with Crippen LogP contribution in [0.5, 0.6) is 0 Å². The van der Waals surface area contributed by atoms with E-state index in [1.807, 2.05) is 25.1 Å². The van der Waals surface area contributed by atoms with Crippen molar-refractivity contribution in [2.24, 2.45) is 10.9 Å². The standard InChI is InChI=1S/C19H30N4O.HI/c1-2-20-19(23-15-17-10-4-3-5-11-17)22-13-12-21-18(24)14-16-8-6-7-9-16;/h3-5,10-11,16H,2,6-9,12-15H2,1H3,(H,21,24)(H2,20,22,23);1H. The van der Waals surface area contributed by atoms with Crippen molar-refractivity contribution in [3.63, 3.8) is 0 Å². The van der Waals surface area contributed by atoms with Crippen molar-refractivity contribution >= 4 is 35.8 Å². The van der Waals surface area contributed by atoms with Crippen LogP contribution < -0.4 is 16.0 Å². The fraction of sp³-hybridized carbons (Fsp3) is 0.579. The molecule has 0 aromatic heterocycles. The van der Waals surface area contributed by atoms with Crippen LogP contribution in [0.1, 0.15) is 44.6 Å². The summed E-state index contributed by atoms with van der Waals surface area (Å²) in [6, 6.07) is 10.2. The number of carbonyl (C=O) groups is 1. The molecule has 0 saturated heterocycles. The number of rotatable bonds is 8. The highest BCUT2D eigenvalue weighted by Crippen LogP contribution is 2.27. The van der Waals surface area contributed by atoms with Crippen LogP contribution in [-0.4, -0.2) is 31.5 Å². The molecular weight excluding hydrogens is 427 g/mol. The van der Waals surface area contributed by atoms with Gasteiger partial charge in [0.25, 0.3) is 0 Å². The van der Waals surface area contributed by atoms with Crippen LogP contribution in [0, 0.1) is 5.92 Å². The quantitative estimate of drug-likeness (QED) is 0.243. The third-order valence-electron chi connectivity index (χ3n) is 4.30. The number of nitrogens with zero attached hydrogens (tertiary/aromatic N) is 1. The Hall–Kier alpha value is -1.31. The van der Waals surface area contributed by atoms with Crippen molar-refractivity contribution in [1.82, 2.24) is 16.0 Å². The molecule has 1 aromatic carbocycles. The van der Waals surface area contributed by atoms with Crippen molar-refractivity contribution in [2.75, 3.05) is 19.6 Å². The normalized spacial score (nSPS) is 14.7. The first-order valence-electron chi connectivity index (χ1n) is 9.10. The topological polar surface area (TPSA) is 65.5 Å². The molecule has 0 aliphatic heterocycles. The van der Waals surface area contributed by atoms with Gasteiger partial charge in [0.15, 0.2) is 5.96 Å². The molecule has 5 nitrogen and oxygen atoms in total. The van der Waals surface area contributed by atoms with Crippen molar-refractivity contribution in [1.29, 1.82) is 0 Å². The summed E-state index contributed by atoms with van der Waals surface area (Å²) < 4.78 is 0. The lowest BCUT2D eigenvalue weighted by atomic mass is 10.0. The Bertz CT molecular complexity index is 515. The predicted octanol–water partition coefficient (Wildman–Crippen LogP) is 3.06. The van der Waals surface area contributed by atoms with Gasteiger partial charge in [0, 0.05) is 26.1 Å². The molecule has 1 amide bonds. The Balaban J connectivity index is 0.00000312. The monoisotopic (exact) mass is 458 g/mol. The van der Waals surface area contributed by atoms with Crippen molar-refractivity contribution in [3.05, 3.63) is 35.9 Å². The van der Waals surface area contributed by atoms with Gasteiger partial charge >= 0.3 is 0 Å². The Kier molecular flexibility index (Phi) is 11.3. The average molecular weight is 458 g/mol. The second kappa shape index (κ2) is 13.0. The van der Waals surface area contributed by atoms with Crippen molar-refractivity contribution in [2.45, 2.75) is 45.6 Å². The van der Waals surface area contributed by atoms with Crippen LogP contribution >= 0.6 is 24.0 Å². The van der Waals surface area contributed by atoms with E-state index in [2.05, 4.69) is 33.1 Å². The van der Waals surface area contributed by atoms with E-state index in [9.17, 15) is 4.79 Å². The first-order valence-corrected chi connectivity index (χ1v) is 9.10. The maximum absolute atomic E-state index is 11.9. The second-order valence-corrected chi connectivity index (χ2v) is 6.31. The molecule has 0 radical (unpaired) electrons. The third-order valence-corrected chi connectivity index (χ3v) is 4.30. The van der Waals surface area contributed by atoms with E-state index in [1.165, 1.54) is 31.2 Å². The number of guanidine groups is 1. The van der Waals surface area contributed by atoms with E-state index >= 15 is 0 Å². The zero-order valence-electron chi connectivity index (χ0n) is 15.1. The summed E-state index contributed by atoms with van der Waals surface area (Å²) in [6.45, 7) is 4.81. The molecule has 0 spiro atoms. The van der Waals surface area contributed by atoms with Crippen LogP contribution in [0.15, 0.2) is 35.3 Å². The molecule has 1 aliphatic rings. The minimum absolute atomic E-state index is 0. The van der Waals surface area contributed by atoms with Crippen molar-refractivity contribution in [3.8, 4) is 0 Å². The molecule has 1 saturated carbocycles. The first kappa shape index (κ1) is 21.7. The minimum atomic E-state index is 0. The number of carbonyl (C=O) groups excluding carboxylic acids is 1. The van der Waals surface area contributed by atoms with Gasteiger partial charge in [0.2, 0.25) is 5.91 Å². The zero-order chi connectivity index (χ0) is 17.0.